The van der Waals surface area contributed by atoms with Gasteiger partial charge in [0.2, 0.25) is 0 Å². The first kappa shape index (κ1) is 9.78. The fourth-order valence-corrected chi connectivity index (χ4v) is 2.76. The molecule has 2 aliphatic heterocycles. The van der Waals surface area contributed by atoms with Gasteiger partial charge in [-0.25, -0.2) is 4.98 Å². The highest BCUT2D eigenvalue weighted by molar-refractivity contribution is 5.74. The molecule has 1 N–H and O–H groups in total. The number of carbonyl (C=O) groups excluding carboxylic acids is 1. The number of piperazine rings is 1. The van der Waals surface area contributed by atoms with Gasteiger partial charge in [-0.1, -0.05) is 6.07 Å². The van der Waals surface area contributed by atoms with Gasteiger partial charge in [-0.15, -0.1) is 0 Å². The van der Waals surface area contributed by atoms with E-state index in [9.17, 15) is 4.79 Å². The van der Waals surface area contributed by atoms with Crippen molar-refractivity contribution in [3.63, 3.8) is 0 Å². The summed E-state index contributed by atoms with van der Waals surface area (Å²) < 4.78 is 0. The van der Waals surface area contributed by atoms with E-state index in [4.69, 9.17) is 0 Å². The van der Waals surface area contributed by atoms with E-state index in [0.717, 1.165) is 31.6 Å². The molecule has 0 radical (unpaired) electrons. The lowest BCUT2D eigenvalue weighted by Gasteiger charge is -2.37. The van der Waals surface area contributed by atoms with Gasteiger partial charge in [0.1, 0.15) is 11.5 Å². The summed E-state index contributed by atoms with van der Waals surface area (Å²) >= 11 is 0. The highest BCUT2D eigenvalue weighted by atomic mass is 16.1. The van der Waals surface area contributed by atoms with E-state index in [1.807, 2.05) is 12.1 Å². The first-order chi connectivity index (χ1) is 7.79. The normalized spacial score (nSPS) is 27.4. The molecule has 0 amide bonds. The van der Waals surface area contributed by atoms with Gasteiger partial charge in [-0.05, 0) is 25.0 Å². The van der Waals surface area contributed by atoms with Crippen molar-refractivity contribution in [2.45, 2.75) is 25.4 Å². The summed E-state index contributed by atoms with van der Waals surface area (Å²) in [6, 6.07) is 4.81. The van der Waals surface area contributed by atoms with Crippen LogP contribution in [0.2, 0.25) is 0 Å². The third-order valence-electron chi connectivity index (χ3n) is 3.49. The number of anilines is 1. The Morgan fingerprint density at radius 2 is 2.38 bits per heavy atom. The Labute approximate surface area is 94.7 Å². The highest BCUT2D eigenvalue weighted by Crippen LogP contribution is 2.33. The van der Waals surface area contributed by atoms with Crippen molar-refractivity contribution in [3.8, 4) is 0 Å². The van der Waals surface area contributed by atoms with Crippen molar-refractivity contribution in [2.24, 2.45) is 0 Å². The molecule has 4 heteroatoms. The lowest BCUT2D eigenvalue weighted by Crippen LogP contribution is -2.55. The maximum Gasteiger partial charge on any atom is 0.168 e. The Morgan fingerprint density at radius 1 is 1.50 bits per heavy atom. The number of pyridine rings is 1. The molecule has 84 valence electrons. The average Bonchev–Trinajstić information content (AvgIpc) is 2.67. The maximum absolute atomic E-state index is 10.8. The minimum absolute atomic E-state index is 0.453. The molecule has 1 saturated heterocycles. The van der Waals surface area contributed by atoms with Gasteiger partial charge in [0.25, 0.3) is 0 Å². The van der Waals surface area contributed by atoms with Crippen molar-refractivity contribution in [1.82, 2.24) is 10.3 Å². The zero-order valence-corrected chi connectivity index (χ0v) is 9.31. The van der Waals surface area contributed by atoms with Crippen LogP contribution in [-0.4, -0.2) is 36.4 Å². The number of aldehydes is 1. The second-order valence-electron chi connectivity index (χ2n) is 4.61. The molecule has 4 nitrogen and oxygen atoms in total. The molecule has 2 atom stereocenters. The number of aromatic nitrogens is 1. The Kier molecular flexibility index (Phi) is 2.17. The molecule has 16 heavy (non-hydrogen) atoms. The Balaban J connectivity index is 2.04. The number of hydrogen-bond acceptors (Lipinski definition) is 4. The topological polar surface area (TPSA) is 45.2 Å². The minimum atomic E-state index is 0.453. The van der Waals surface area contributed by atoms with Crippen LogP contribution in [0.15, 0.2) is 12.1 Å². The molecular weight excluding hydrogens is 202 g/mol. The molecular formula is C12H15N3O. The van der Waals surface area contributed by atoms with Gasteiger partial charge < -0.3 is 10.2 Å². The van der Waals surface area contributed by atoms with Gasteiger partial charge in [0, 0.05) is 25.2 Å². The first-order valence-electron chi connectivity index (χ1n) is 5.74. The molecule has 0 unspecified atom stereocenters. The Hall–Kier alpha value is -1.42. The van der Waals surface area contributed by atoms with E-state index >= 15 is 0 Å². The molecule has 3 rings (SSSR count). The molecule has 1 fully saturated rings. The molecule has 0 bridgehead atoms. The van der Waals surface area contributed by atoms with Crippen LogP contribution < -0.4 is 10.2 Å². The molecule has 0 spiro atoms. The van der Waals surface area contributed by atoms with Crippen LogP contribution in [0.1, 0.15) is 23.0 Å². The van der Waals surface area contributed by atoms with E-state index in [1.54, 1.807) is 0 Å². The fraction of sp³-hybridized carbons (Fsp3) is 0.500. The largest absolute Gasteiger partial charge is 0.348 e. The zero-order valence-electron chi connectivity index (χ0n) is 9.31. The van der Waals surface area contributed by atoms with Gasteiger partial charge in [-0.3, -0.25) is 4.79 Å². The first-order valence-corrected chi connectivity index (χ1v) is 5.74. The standard InChI is InChI=1S/C12H15N3O/c1-8-5-13-6-11-4-9-2-3-10(7-16)14-12(9)15(8)11/h2-3,7-8,11,13H,4-6H2,1H3/t8-,11-/m1/s1. The van der Waals surface area contributed by atoms with Crippen molar-refractivity contribution in [3.05, 3.63) is 23.4 Å². The van der Waals surface area contributed by atoms with Crippen LogP contribution in [0.5, 0.6) is 0 Å². The van der Waals surface area contributed by atoms with E-state index < -0.39 is 0 Å². The molecule has 1 aromatic heterocycles. The van der Waals surface area contributed by atoms with Crippen molar-refractivity contribution < 1.29 is 4.79 Å². The van der Waals surface area contributed by atoms with Gasteiger partial charge in [-0.2, -0.15) is 0 Å². The summed E-state index contributed by atoms with van der Waals surface area (Å²) in [5.41, 5.74) is 1.80. The van der Waals surface area contributed by atoms with E-state index in [1.165, 1.54) is 5.56 Å². The molecule has 0 aromatic carbocycles. The lowest BCUT2D eigenvalue weighted by atomic mass is 10.1. The van der Waals surface area contributed by atoms with Gasteiger partial charge >= 0.3 is 0 Å². The predicted octanol–water partition coefficient (Wildman–Crippen LogP) is 0.617. The second kappa shape index (κ2) is 3.56. The average molecular weight is 217 g/mol. The van der Waals surface area contributed by atoms with Crippen LogP contribution in [0.4, 0.5) is 5.82 Å². The summed E-state index contributed by atoms with van der Waals surface area (Å²) in [4.78, 5) is 17.6. The lowest BCUT2D eigenvalue weighted by molar-refractivity contribution is 0.111. The fourth-order valence-electron chi connectivity index (χ4n) is 2.76. The van der Waals surface area contributed by atoms with Crippen LogP contribution >= 0.6 is 0 Å². The Bertz CT molecular complexity index is 432. The molecule has 0 saturated carbocycles. The van der Waals surface area contributed by atoms with Crippen molar-refractivity contribution in [2.75, 3.05) is 18.0 Å². The minimum Gasteiger partial charge on any atom is -0.348 e. The highest BCUT2D eigenvalue weighted by Gasteiger charge is 2.36. The van der Waals surface area contributed by atoms with Crippen molar-refractivity contribution in [1.29, 1.82) is 0 Å². The maximum atomic E-state index is 10.8. The van der Waals surface area contributed by atoms with E-state index in [2.05, 4.69) is 22.1 Å². The summed E-state index contributed by atoms with van der Waals surface area (Å²) in [7, 11) is 0. The van der Waals surface area contributed by atoms with E-state index in [0.29, 0.717) is 17.8 Å². The van der Waals surface area contributed by atoms with Crippen LogP contribution in [0.3, 0.4) is 0 Å². The molecule has 3 heterocycles. The van der Waals surface area contributed by atoms with Crippen molar-refractivity contribution >= 4 is 12.1 Å². The number of nitrogens with zero attached hydrogens (tertiary/aromatic N) is 2. The summed E-state index contributed by atoms with van der Waals surface area (Å²) in [6.07, 6.45) is 1.86. The quantitative estimate of drug-likeness (QED) is 0.700. The SMILES string of the molecule is C[C@@H]1CNC[C@H]2Cc3ccc(C=O)nc3N21. The number of nitrogens with one attached hydrogen (secondary N) is 1. The smallest absolute Gasteiger partial charge is 0.168 e. The van der Waals surface area contributed by atoms with Crippen LogP contribution in [0, 0.1) is 0 Å². The summed E-state index contributed by atoms with van der Waals surface area (Å²) in [6.45, 7) is 4.20. The molecule has 2 aliphatic rings. The van der Waals surface area contributed by atoms with E-state index in [-0.39, 0.29) is 0 Å². The monoisotopic (exact) mass is 217 g/mol. The number of rotatable bonds is 1. The molecule has 0 aliphatic carbocycles. The number of carbonyl (C=O) groups is 1. The predicted molar refractivity (Wildman–Crippen MR) is 61.9 cm³/mol. The molecule has 1 aromatic rings. The number of fused-ring (bicyclic) bond motifs is 3. The summed E-state index contributed by atoms with van der Waals surface area (Å²) in [5.74, 6) is 1.02. The summed E-state index contributed by atoms with van der Waals surface area (Å²) in [5, 5.41) is 3.43. The third-order valence-corrected chi connectivity index (χ3v) is 3.49. The number of hydrogen-bond donors (Lipinski definition) is 1. The van der Waals surface area contributed by atoms with Crippen LogP contribution in [0.25, 0.3) is 0 Å². The Morgan fingerprint density at radius 3 is 3.19 bits per heavy atom. The second-order valence-corrected chi connectivity index (χ2v) is 4.61. The van der Waals surface area contributed by atoms with Crippen LogP contribution in [-0.2, 0) is 6.42 Å². The third kappa shape index (κ3) is 1.33. The van der Waals surface area contributed by atoms with Gasteiger partial charge in [0.05, 0.1) is 0 Å². The van der Waals surface area contributed by atoms with Gasteiger partial charge in [0.15, 0.2) is 6.29 Å². The zero-order chi connectivity index (χ0) is 11.1.